The van der Waals surface area contributed by atoms with Crippen molar-refractivity contribution < 1.29 is 27.5 Å². The number of hydrogen-bond acceptors (Lipinski definition) is 6. The van der Waals surface area contributed by atoms with Crippen molar-refractivity contribution in [3.8, 4) is 5.75 Å². The van der Waals surface area contributed by atoms with E-state index >= 15 is 0 Å². The molecule has 25 heavy (non-hydrogen) atoms. The molecule has 1 aromatic carbocycles. The van der Waals surface area contributed by atoms with Crippen molar-refractivity contribution in [1.29, 1.82) is 0 Å². The van der Waals surface area contributed by atoms with E-state index in [9.17, 15) is 18.0 Å². The molecule has 7 nitrogen and oxygen atoms in total. The zero-order valence-corrected chi connectivity index (χ0v) is 15.0. The molecular weight excluding hydrogens is 346 g/mol. The van der Waals surface area contributed by atoms with E-state index in [1.807, 2.05) is 0 Å². The second-order valence-corrected chi connectivity index (χ2v) is 7.44. The molecule has 8 heteroatoms. The molecule has 0 bridgehead atoms. The molecule has 1 aromatic rings. The third-order valence-corrected chi connectivity index (χ3v) is 5.35. The molecule has 0 saturated heterocycles. The Kier molecular flexibility index (Phi) is 6.33. The fourth-order valence-corrected chi connectivity index (χ4v) is 3.46. The van der Waals surface area contributed by atoms with E-state index in [1.165, 1.54) is 38.4 Å². The lowest BCUT2D eigenvalue weighted by atomic mass is 9.96. The second-order valence-electron chi connectivity index (χ2n) is 5.59. The number of hydrogen-bond donors (Lipinski definition) is 1. The zero-order valence-electron chi connectivity index (χ0n) is 14.2. The molecule has 1 atom stereocenters. The number of sulfonamides is 1. The van der Waals surface area contributed by atoms with E-state index in [1.54, 1.807) is 6.07 Å². The number of ketones is 1. The Morgan fingerprint density at radius 2 is 2.08 bits per heavy atom. The Labute approximate surface area is 147 Å². The summed E-state index contributed by atoms with van der Waals surface area (Å²) in [6.45, 7) is 0. The van der Waals surface area contributed by atoms with Crippen LogP contribution in [-0.4, -0.2) is 40.4 Å². The van der Waals surface area contributed by atoms with Crippen LogP contribution in [0.3, 0.4) is 0 Å². The minimum atomic E-state index is -3.70. The summed E-state index contributed by atoms with van der Waals surface area (Å²) in [5, 5.41) is 0. The predicted molar refractivity (Wildman–Crippen MR) is 91.6 cm³/mol. The minimum Gasteiger partial charge on any atom is -0.495 e. The van der Waals surface area contributed by atoms with Gasteiger partial charge >= 0.3 is 5.97 Å². The van der Waals surface area contributed by atoms with Crippen molar-refractivity contribution in [2.75, 3.05) is 14.2 Å². The van der Waals surface area contributed by atoms with E-state index in [2.05, 4.69) is 4.72 Å². The van der Waals surface area contributed by atoms with Crippen molar-refractivity contribution in [3.05, 3.63) is 29.8 Å². The molecule has 136 valence electrons. The van der Waals surface area contributed by atoms with Gasteiger partial charge in [-0.1, -0.05) is 6.07 Å². The zero-order chi connectivity index (χ0) is 18.4. The first-order valence-electron chi connectivity index (χ1n) is 7.90. The molecule has 0 amide bonds. The molecule has 1 aliphatic rings. The largest absolute Gasteiger partial charge is 0.495 e. The number of benzene rings is 1. The number of ether oxygens (including phenoxy) is 2. The number of carbonyl (C=O) groups is 2. The predicted octanol–water partition coefficient (Wildman–Crippen LogP) is 1.67. The number of methoxy groups -OCH3 is 1. The Morgan fingerprint density at radius 3 is 2.72 bits per heavy atom. The molecule has 2 rings (SSSR count). The highest BCUT2D eigenvalue weighted by Crippen LogP contribution is 2.25. The van der Waals surface area contributed by atoms with Crippen LogP contribution in [0.15, 0.2) is 29.2 Å². The van der Waals surface area contributed by atoms with Gasteiger partial charge in [0.05, 0.1) is 7.11 Å². The van der Waals surface area contributed by atoms with Gasteiger partial charge < -0.3 is 9.47 Å². The average Bonchev–Trinajstić information content (AvgIpc) is 2.61. The van der Waals surface area contributed by atoms with Crippen LogP contribution in [0.25, 0.3) is 6.08 Å². The highest BCUT2D eigenvalue weighted by Gasteiger charge is 2.25. The van der Waals surface area contributed by atoms with Gasteiger partial charge in [0.25, 0.3) is 0 Å². The number of rotatable bonds is 6. The third-order valence-electron chi connectivity index (χ3n) is 3.91. The smallest absolute Gasteiger partial charge is 0.331 e. The van der Waals surface area contributed by atoms with E-state index in [0.29, 0.717) is 18.4 Å². The van der Waals surface area contributed by atoms with Crippen LogP contribution in [0.2, 0.25) is 0 Å². The molecule has 0 heterocycles. The van der Waals surface area contributed by atoms with Crippen molar-refractivity contribution in [2.45, 2.75) is 36.7 Å². The monoisotopic (exact) mass is 367 g/mol. The molecule has 0 aliphatic heterocycles. The van der Waals surface area contributed by atoms with Gasteiger partial charge in [-0.05, 0) is 50.1 Å². The highest BCUT2D eigenvalue weighted by atomic mass is 32.2. The summed E-state index contributed by atoms with van der Waals surface area (Å²) in [6, 6.07) is 4.50. The van der Waals surface area contributed by atoms with Gasteiger partial charge in [0.15, 0.2) is 11.9 Å². The van der Waals surface area contributed by atoms with Crippen molar-refractivity contribution in [1.82, 2.24) is 4.72 Å². The van der Waals surface area contributed by atoms with Crippen LogP contribution < -0.4 is 9.46 Å². The van der Waals surface area contributed by atoms with Gasteiger partial charge in [-0.25, -0.2) is 17.9 Å². The first-order valence-corrected chi connectivity index (χ1v) is 9.38. The first-order chi connectivity index (χ1) is 11.9. The summed E-state index contributed by atoms with van der Waals surface area (Å²) in [5.74, 6) is -0.490. The average molecular weight is 367 g/mol. The van der Waals surface area contributed by atoms with Gasteiger partial charge in [0.2, 0.25) is 10.0 Å². The summed E-state index contributed by atoms with van der Waals surface area (Å²) in [5.41, 5.74) is 0.488. The Hall–Kier alpha value is -2.19. The van der Waals surface area contributed by atoms with Crippen LogP contribution >= 0.6 is 0 Å². The minimum absolute atomic E-state index is 0.0320. The molecule has 0 unspecified atom stereocenters. The summed E-state index contributed by atoms with van der Waals surface area (Å²) in [7, 11) is -1.03. The third kappa shape index (κ3) is 4.90. The van der Waals surface area contributed by atoms with Gasteiger partial charge in [0.1, 0.15) is 10.6 Å². The fourth-order valence-electron chi connectivity index (χ4n) is 2.54. The lowest BCUT2D eigenvalue weighted by Gasteiger charge is -2.19. The van der Waals surface area contributed by atoms with Crippen LogP contribution in [0.1, 0.15) is 31.2 Å². The molecule has 1 saturated carbocycles. The molecule has 1 aliphatic carbocycles. The Balaban J connectivity index is 2.14. The lowest BCUT2D eigenvalue weighted by molar-refractivity contribution is -0.152. The summed E-state index contributed by atoms with van der Waals surface area (Å²) in [6.07, 6.45) is 4.61. The summed E-state index contributed by atoms with van der Waals surface area (Å²) < 4.78 is 36.5. The number of carbonyl (C=O) groups excluding carboxylic acids is 2. The number of nitrogens with one attached hydrogen (secondary N) is 1. The number of esters is 1. The van der Waals surface area contributed by atoms with E-state index in [-0.39, 0.29) is 16.4 Å². The fraction of sp³-hybridized carbons (Fsp3) is 0.412. The van der Waals surface area contributed by atoms with Gasteiger partial charge in [0, 0.05) is 12.5 Å². The number of Topliss-reactive ketones (excluding diaryl/α,β-unsaturated/α-hetero) is 1. The van der Waals surface area contributed by atoms with Gasteiger partial charge in [-0.15, -0.1) is 0 Å². The lowest BCUT2D eigenvalue weighted by Crippen LogP contribution is -2.29. The highest BCUT2D eigenvalue weighted by molar-refractivity contribution is 7.89. The van der Waals surface area contributed by atoms with Crippen LogP contribution in [-0.2, 0) is 24.3 Å². The standard InChI is InChI=1S/C17H21NO6S/c1-18-25(21,22)16-11-12(7-9-15(16)23-2)8-10-17(20)24-14-6-4-3-5-13(14)19/h7-11,14,18H,3-6H2,1-2H3/b10-8+/t14-/m0/s1. The van der Waals surface area contributed by atoms with Gasteiger partial charge in [-0.3, -0.25) is 4.79 Å². The van der Waals surface area contributed by atoms with E-state index in [0.717, 1.165) is 12.8 Å². The summed E-state index contributed by atoms with van der Waals surface area (Å²) >= 11 is 0. The Morgan fingerprint density at radius 1 is 1.32 bits per heavy atom. The molecule has 0 radical (unpaired) electrons. The van der Waals surface area contributed by atoms with Gasteiger partial charge in [-0.2, -0.15) is 0 Å². The molecule has 0 aromatic heterocycles. The maximum Gasteiger partial charge on any atom is 0.331 e. The van der Waals surface area contributed by atoms with Crippen molar-refractivity contribution in [3.63, 3.8) is 0 Å². The SMILES string of the molecule is CNS(=O)(=O)c1cc(/C=C/C(=O)O[C@H]2CCCCC2=O)ccc1OC. The maximum absolute atomic E-state index is 12.0. The van der Waals surface area contributed by atoms with Crippen molar-refractivity contribution >= 4 is 27.9 Å². The quantitative estimate of drug-likeness (QED) is 0.607. The van der Waals surface area contributed by atoms with Crippen LogP contribution in [0.5, 0.6) is 5.75 Å². The molecule has 1 N–H and O–H groups in total. The van der Waals surface area contributed by atoms with Crippen LogP contribution in [0, 0.1) is 0 Å². The topological polar surface area (TPSA) is 98.8 Å². The van der Waals surface area contributed by atoms with E-state index < -0.39 is 22.1 Å². The van der Waals surface area contributed by atoms with Crippen LogP contribution in [0.4, 0.5) is 0 Å². The second kappa shape index (κ2) is 8.26. The normalized spacial score (nSPS) is 18.3. The van der Waals surface area contributed by atoms with E-state index in [4.69, 9.17) is 9.47 Å². The molecule has 0 spiro atoms. The first kappa shape index (κ1) is 19.1. The van der Waals surface area contributed by atoms with Crippen molar-refractivity contribution in [2.24, 2.45) is 0 Å². The maximum atomic E-state index is 12.0. The Bertz CT molecular complexity index is 784. The molecular formula is C17H21NO6S. The molecule has 1 fully saturated rings. The summed E-state index contributed by atoms with van der Waals surface area (Å²) in [4.78, 5) is 23.5.